The number of guanidine groups is 1. The SMILES string of the molecule is CC=CCCNC(=NC)NC1CCC(C(=O)N2CCSCC2)CC1.I. The molecule has 7 heteroatoms. The molecule has 25 heavy (non-hydrogen) atoms. The quantitative estimate of drug-likeness (QED) is 0.209. The molecule has 1 aliphatic heterocycles. The Morgan fingerprint density at radius 2 is 1.92 bits per heavy atom. The van der Waals surface area contributed by atoms with Gasteiger partial charge in [0.25, 0.3) is 0 Å². The van der Waals surface area contributed by atoms with Gasteiger partial charge in [-0.15, -0.1) is 24.0 Å². The van der Waals surface area contributed by atoms with E-state index >= 15 is 0 Å². The summed E-state index contributed by atoms with van der Waals surface area (Å²) in [5, 5.41) is 6.86. The van der Waals surface area contributed by atoms with Gasteiger partial charge >= 0.3 is 0 Å². The van der Waals surface area contributed by atoms with Gasteiger partial charge in [-0.1, -0.05) is 12.2 Å². The maximum absolute atomic E-state index is 12.6. The number of hydrogen-bond donors (Lipinski definition) is 2. The third-order valence-electron chi connectivity index (χ3n) is 4.80. The zero-order chi connectivity index (χ0) is 17.2. The van der Waals surface area contributed by atoms with Gasteiger partial charge in [0, 0.05) is 50.1 Å². The Balaban J connectivity index is 0.00000312. The van der Waals surface area contributed by atoms with Crippen LogP contribution in [-0.4, -0.2) is 61.0 Å². The van der Waals surface area contributed by atoms with Gasteiger partial charge in [-0.3, -0.25) is 9.79 Å². The predicted molar refractivity (Wildman–Crippen MR) is 119 cm³/mol. The van der Waals surface area contributed by atoms with Crippen molar-refractivity contribution in [3.63, 3.8) is 0 Å². The van der Waals surface area contributed by atoms with Crippen molar-refractivity contribution in [2.45, 2.75) is 45.1 Å². The lowest BCUT2D eigenvalue weighted by molar-refractivity contribution is -0.136. The Bertz CT molecular complexity index is 444. The number of nitrogens with zero attached hydrogens (tertiary/aromatic N) is 2. The van der Waals surface area contributed by atoms with Gasteiger partial charge in [0.2, 0.25) is 5.91 Å². The van der Waals surface area contributed by atoms with Crippen molar-refractivity contribution >= 4 is 47.6 Å². The minimum atomic E-state index is 0. The first-order chi connectivity index (χ1) is 11.7. The van der Waals surface area contributed by atoms with Crippen LogP contribution in [0.25, 0.3) is 0 Å². The average Bonchev–Trinajstić information content (AvgIpc) is 2.65. The third-order valence-corrected chi connectivity index (χ3v) is 5.75. The highest BCUT2D eigenvalue weighted by Crippen LogP contribution is 2.27. The van der Waals surface area contributed by atoms with E-state index in [2.05, 4.69) is 32.7 Å². The van der Waals surface area contributed by atoms with Gasteiger partial charge in [0.05, 0.1) is 0 Å². The molecular formula is C18H33IN4OS. The van der Waals surface area contributed by atoms with E-state index in [0.717, 1.165) is 69.2 Å². The van der Waals surface area contributed by atoms with Crippen LogP contribution >= 0.6 is 35.7 Å². The molecule has 1 heterocycles. The van der Waals surface area contributed by atoms with E-state index in [0.29, 0.717) is 11.9 Å². The molecule has 0 bridgehead atoms. The monoisotopic (exact) mass is 480 g/mol. The number of thioether (sulfide) groups is 1. The number of amides is 1. The zero-order valence-electron chi connectivity index (χ0n) is 15.5. The van der Waals surface area contributed by atoms with Gasteiger partial charge in [-0.25, -0.2) is 0 Å². The minimum Gasteiger partial charge on any atom is -0.356 e. The maximum atomic E-state index is 12.6. The lowest BCUT2D eigenvalue weighted by Gasteiger charge is -2.34. The fourth-order valence-corrected chi connectivity index (χ4v) is 4.26. The molecule has 1 saturated heterocycles. The number of aliphatic imine (C=N–C) groups is 1. The minimum absolute atomic E-state index is 0. The largest absolute Gasteiger partial charge is 0.356 e. The molecule has 0 atom stereocenters. The van der Waals surface area contributed by atoms with Crippen molar-refractivity contribution in [3.05, 3.63) is 12.2 Å². The highest BCUT2D eigenvalue weighted by atomic mass is 127. The topological polar surface area (TPSA) is 56.7 Å². The molecule has 0 aromatic carbocycles. The number of allylic oxidation sites excluding steroid dienone is 1. The molecule has 1 aliphatic carbocycles. The van der Waals surface area contributed by atoms with E-state index in [1.807, 2.05) is 25.7 Å². The lowest BCUT2D eigenvalue weighted by Crippen LogP contribution is -2.47. The first-order valence-electron chi connectivity index (χ1n) is 9.19. The van der Waals surface area contributed by atoms with Crippen LogP contribution in [0.5, 0.6) is 0 Å². The summed E-state index contributed by atoms with van der Waals surface area (Å²) < 4.78 is 0. The number of rotatable bonds is 5. The van der Waals surface area contributed by atoms with Crippen LogP contribution < -0.4 is 10.6 Å². The first kappa shape index (κ1) is 22.6. The number of carbonyl (C=O) groups excluding carboxylic acids is 1. The van der Waals surface area contributed by atoms with Gasteiger partial charge in [-0.2, -0.15) is 11.8 Å². The van der Waals surface area contributed by atoms with Crippen molar-refractivity contribution in [2.75, 3.05) is 38.2 Å². The van der Waals surface area contributed by atoms with Gasteiger partial charge in [-0.05, 0) is 39.0 Å². The Kier molecular flexibility index (Phi) is 11.6. The third kappa shape index (κ3) is 7.76. The summed E-state index contributed by atoms with van der Waals surface area (Å²) >= 11 is 1.95. The Hall–Kier alpha value is -0.440. The standard InChI is InChI=1S/C18H32N4OS.HI/c1-3-4-5-10-20-18(19-2)21-16-8-6-15(7-9-16)17(23)22-11-13-24-14-12-22;/h3-4,15-16H,5-14H2,1-2H3,(H2,19,20,21);1H. The van der Waals surface area contributed by atoms with Crippen LogP contribution in [0.15, 0.2) is 17.1 Å². The molecule has 5 nitrogen and oxygen atoms in total. The Labute approximate surface area is 173 Å². The van der Waals surface area contributed by atoms with E-state index in [1.165, 1.54) is 0 Å². The normalized spacial score (nSPS) is 24.7. The van der Waals surface area contributed by atoms with Gasteiger partial charge < -0.3 is 15.5 Å². The summed E-state index contributed by atoms with van der Waals surface area (Å²) in [6.07, 6.45) is 9.31. The van der Waals surface area contributed by atoms with Crippen molar-refractivity contribution in [1.82, 2.24) is 15.5 Å². The van der Waals surface area contributed by atoms with Crippen LogP contribution in [0.1, 0.15) is 39.0 Å². The average molecular weight is 480 g/mol. The Morgan fingerprint density at radius 3 is 2.52 bits per heavy atom. The smallest absolute Gasteiger partial charge is 0.225 e. The van der Waals surface area contributed by atoms with E-state index < -0.39 is 0 Å². The number of hydrogen-bond acceptors (Lipinski definition) is 3. The molecule has 144 valence electrons. The maximum Gasteiger partial charge on any atom is 0.225 e. The molecule has 2 N–H and O–H groups in total. The molecule has 1 amide bonds. The number of halogens is 1. The van der Waals surface area contributed by atoms with Crippen LogP contribution in [0, 0.1) is 5.92 Å². The number of nitrogens with one attached hydrogen (secondary N) is 2. The van der Waals surface area contributed by atoms with Crippen LogP contribution in [0.3, 0.4) is 0 Å². The molecule has 2 aliphatic rings. The van der Waals surface area contributed by atoms with Crippen molar-refractivity contribution in [2.24, 2.45) is 10.9 Å². The zero-order valence-corrected chi connectivity index (χ0v) is 18.6. The Morgan fingerprint density at radius 1 is 1.24 bits per heavy atom. The second kappa shape index (κ2) is 12.8. The molecule has 2 rings (SSSR count). The van der Waals surface area contributed by atoms with E-state index in [4.69, 9.17) is 0 Å². The fraction of sp³-hybridized carbons (Fsp3) is 0.778. The summed E-state index contributed by atoms with van der Waals surface area (Å²) in [5.41, 5.74) is 0. The molecule has 0 unspecified atom stereocenters. The molecule has 0 radical (unpaired) electrons. The van der Waals surface area contributed by atoms with E-state index in [1.54, 1.807) is 0 Å². The molecule has 0 aromatic rings. The van der Waals surface area contributed by atoms with Crippen LogP contribution in [-0.2, 0) is 4.79 Å². The summed E-state index contributed by atoms with van der Waals surface area (Å²) in [6, 6.07) is 0.430. The predicted octanol–water partition coefficient (Wildman–Crippen LogP) is 2.87. The first-order valence-corrected chi connectivity index (χ1v) is 10.3. The summed E-state index contributed by atoms with van der Waals surface area (Å²) in [7, 11) is 1.81. The van der Waals surface area contributed by atoms with Gasteiger partial charge in [0.1, 0.15) is 0 Å². The van der Waals surface area contributed by atoms with Crippen molar-refractivity contribution < 1.29 is 4.79 Å². The highest BCUT2D eigenvalue weighted by molar-refractivity contribution is 14.0. The van der Waals surface area contributed by atoms with Crippen molar-refractivity contribution in [1.29, 1.82) is 0 Å². The highest BCUT2D eigenvalue weighted by Gasteiger charge is 2.30. The second-order valence-corrected chi connectivity index (χ2v) is 7.71. The molecule has 1 saturated carbocycles. The summed E-state index contributed by atoms with van der Waals surface area (Å²) in [4.78, 5) is 19.0. The second-order valence-electron chi connectivity index (χ2n) is 6.49. The van der Waals surface area contributed by atoms with Crippen molar-refractivity contribution in [3.8, 4) is 0 Å². The van der Waals surface area contributed by atoms with Crippen LogP contribution in [0.4, 0.5) is 0 Å². The van der Waals surface area contributed by atoms with Crippen LogP contribution in [0.2, 0.25) is 0 Å². The molecule has 0 spiro atoms. The van der Waals surface area contributed by atoms with E-state index in [-0.39, 0.29) is 29.9 Å². The molecule has 2 fully saturated rings. The molecular weight excluding hydrogens is 447 g/mol. The summed E-state index contributed by atoms with van der Waals surface area (Å²) in [6.45, 7) is 4.80. The van der Waals surface area contributed by atoms with E-state index in [9.17, 15) is 4.79 Å². The van der Waals surface area contributed by atoms with Gasteiger partial charge in [0.15, 0.2) is 5.96 Å². The summed E-state index contributed by atoms with van der Waals surface area (Å²) in [5.74, 6) is 3.69. The number of carbonyl (C=O) groups is 1. The molecule has 0 aromatic heterocycles. The fourth-order valence-electron chi connectivity index (χ4n) is 3.36. The lowest BCUT2D eigenvalue weighted by atomic mass is 9.85.